The van der Waals surface area contributed by atoms with E-state index >= 15 is 0 Å². The molecule has 1 aliphatic rings. The predicted molar refractivity (Wildman–Crippen MR) is 150 cm³/mol. The van der Waals surface area contributed by atoms with E-state index < -0.39 is 24.3 Å². The number of benzene rings is 3. The number of esters is 1. The van der Waals surface area contributed by atoms with Gasteiger partial charge in [-0.1, -0.05) is 30.3 Å². The topological polar surface area (TPSA) is 92.5 Å². The van der Waals surface area contributed by atoms with Crippen LogP contribution in [-0.4, -0.2) is 37.1 Å². The lowest BCUT2D eigenvalue weighted by Crippen LogP contribution is -2.35. The summed E-state index contributed by atoms with van der Waals surface area (Å²) in [6, 6.07) is 22.4. The quantitative estimate of drug-likeness (QED) is 0.258. The van der Waals surface area contributed by atoms with Crippen LogP contribution in [0, 0.1) is 17.1 Å². The Bertz CT molecular complexity index is 1640. The Hall–Kier alpha value is -5.03. The molecule has 1 aromatic heterocycles. The molecular formula is C32H26FN3O4. The molecule has 3 aromatic carbocycles. The molecule has 0 N–H and O–H groups in total. The Kier molecular flexibility index (Phi) is 7.83. The van der Waals surface area contributed by atoms with Gasteiger partial charge in [0.15, 0.2) is 6.61 Å². The van der Waals surface area contributed by atoms with E-state index in [0.29, 0.717) is 35.0 Å². The fourth-order valence-electron chi connectivity index (χ4n) is 4.87. The highest BCUT2D eigenvalue weighted by atomic mass is 19.1. The predicted octanol–water partition coefficient (Wildman–Crippen LogP) is 5.97. The van der Waals surface area contributed by atoms with Gasteiger partial charge in [0.25, 0.3) is 5.91 Å². The van der Waals surface area contributed by atoms with Crippen LogP contribution >= 0.6 is 0 Å². The lowest BCUT2D eigenvalue weighted by Gasteiger charge is -2.22. The minimum atomic E-state index is -0.617. The van der Waals surface area contributed by atoms with Gasteiger partial charge in [-0.3, -0.25) is 4.79 Å². The molecule has 1 amide bonds. The molecule has 0 atom stereocenters. The van der Waals surface area contributed by atoms with Gasteiger partial charge in [-0.05, 0) is 78.1 Å². The zero-order valence-electron chi connectivity index (χ0n) is 21.9. The molecule has 0 saturated carbocycles. The van der Waals surface area contributed by atoms with Crippen molar-refractivity contribution in [2.75, 3.05) is 25.2 Å². The van der Waals surface area contributed by atoms with E-state index in [1.807, 2.05) is 54.6 Å². The Morgan fingerprint density at radius 1 is 1.05 bits per heavy atom. The highest BCUT2D eigenvalue weighted by molar-refractivity contribution is 6.08. The van der Waals surface area contributed by atoms with Crippen molar-refractivity contribution in [2.45, 2.75) is 19.3 Å². The van der Waals surface area contributed by atoms with Gasteiger partial charge in [0.2, 0.25) is 0 Å². The van der Waals surface area contributed by atoms with E-state index in [4.69, 9.17) is 19.7 Å². The minimum absolute atomic E-state index is 0.0723. The first-order valence-electron chi connectivity index (χ1n) is 12.8. The highest BCUT2D eigenvalue weighted by Crippen LogP contribution is 2.38. The van der Waals surface area contributed by atoms with Gasteiger partial charge in [-0.25, -0.2) is 14.2 Å². The van der Waals surface area contributed by atoms with Crippen LogP contribution < -0.4 is 9.64 Å². The van der Waals surface area contributed by atoms with Crippen LogP contribution in [0.15, 0.2) is 72.8 Å². The maximum Gasteiger partial charge on any atom is 0.339 e. The number of rotatable bonds is 8. The summed E-state index contributed by atoms with van der Waals surface area (Å²) in [6.07, 6.45) is 3.44. The first kappa shape index (κ1) is 26.6. The Labute approximate surface area is 231 Å². The summed E-state index contributed by atoms with van der Waals surface area (Å²) in [6.45, 7) is -0.437. The minimum Gasteiger partial charge on any atom is -0.497 e. The lowest BCUT2D eigenvalue weighted by molar-refractivity contribution is -0.121. The number of pyridine rings is 1. The average Bonchev–Trinajstić information content (AvgIpc) is 3.37. The van der Waals surface area contributed by atoms with Gasteiger partial charge in [0, 0.05) is 17.6 Å². The zero-order chi connectivity index (χ0) is 28.1. The highest BCUT2D eigenvalue weighted by Gasteiger charge is 2.28. The third-order valence-electron chi connectivity index (χ3n) is 6.82. The summed E-state index contributed by atoms with van der Waals surface area (Å²) in [5.41, 5.74) is 5.01. The third kappa shape index (κ3) is 5.54. The molecule has 0 aliphatic heterocycles. The van der Waals surface area contributed by atoms with E-state index in [9.17, 15) is 14.0 Å². The smallest absolute Gasteiger partial charge is 0.339 e. The van der Waals surface area contributed by atoms with Crippen molar-refractivity contribution in [1.82, 2.24) is 4.98 Å². The maximum atomic E-state index is 13.5. The second-order valence-corrected chi connectivity index (χ2v) is 9.28. The summed E-state index contributed by atoms with van der Waals surface area (Å²) >= 11 is 0. The van der Waals surface area contributed by atoms with Gasteiger partial charge in [0.05, 0.1) is 36.4 Å². The maximum absolute atomic E-state index is 13.5. The normalized spacial score (nSPS) is 13.1. The molecule has 200 valence electrons. The number of ether oxygens (including phenoxy) is 2. The van der Waals surface area contributed by atoms with E-state index in [1.54, 1.807) is 7.11 Å². The van der Waals surface area contributed by atoms with Crippen LogP contribution in [0.5, 0.6) is 5.75 Å². The number of carbonyl (C=O) groups is 2. The Balaban J connectivity index is 1.43. The van der Waals surface area contributed by atoms with Gasteiger partial charge in [-0.15, -0.1) is 0 Å². The number of fused-ring (bicyclic) bond motifs is 2. The molecule has 40 heavy (non-hydrogen) atoms. The fraction of sp³-hybridized carbons (Fsp3) is 0.188. The van der Waals surface area contributed by atoms with Crippen molar-refractivity contribution in [1.29, 1.82) is 5.26 Å². The Morgan fingerprint density at radius 2 is 1.80 bits per heavy atom. The summed E-state index contributed by atoms with van der Waals surface area (Å²) in [7, 11) is 1.62. The van der Waals surface area contributed by atoms with Crippen molar-refractivity contribution in [2.24, 2.45) is 0 Å². The van der Waals surface area contributed by atoms with Crippen molar-refractivity contribution >= 4 is 40.1 Å². The van der Waals surface area contributed by atoms with Crippen molar-refractivity contribution in [3.63, 3.8) is 0 Å². The standard InChI is InChI=1S/C32H26FN3O4/c1-39-25-14-7-21(8-15-25)19-22-9-16-27-30(26-5-2-3-6-28(26)35-31(22)27)32(38)40-20-29(37)36(18-4-17-34)24-12-10-23(33)11-13-24/h2-3,5-8,10-15,19H,4,9,16,18,20H2,1H3/b22-19+. The molecule has 8 heteroatoms. The fourth-order valence-corrected chi connectivity index (χ4v) is 4.87. The molecule has 1 aliphatic carbocycles. The van der Waals surface area contributed by atoms with Crippen LogP contribution in [-0.2, 0) is 16.0 Å². The Morgan fingerprint density at radius 3 is 2.52 bits per heavy atom. The van der Waals surface area contributed by atoms with Crippen LogP contribution in [0.25, 0.3) is 22.6 Å². The number of hydrogen-bond donors (Lipinski definition) is 0. The number of nitrogens with zero attached hydrogens (tertiary/aromatic N) is 3. The van der Waals surface area contributed by atoms with Gasteiger partial charge >= 0.3 is 5.97 Å². The zero-order valence-corrected chi connectivity index (χ0v) is 21.9. The van der Waals surface area contributed by atoms with Crippen molar-refractivity contribution < 1.29 is 23.5 Å². The molecule has 4 aromatic rings. The number of aromatic nitrogens is 1. The molecule has 1 heterocycles. The van der Waals surface area contributed by atoms with E-state index in [1.165, 1.54) is 29.2 Å². The number of nitriles is 1. The molecule has 0 unspecified atom stereocenters. The van der Waals surface area contributed by atoms with Crippen LogP contribution in [0.2, 0.25) is 0 Å². The van der Waals surface area contributed by atoms with Crippen molar-refractivity contribution in [3.05, 3.63) is 101 Å². The van der Waals surface area contributed by atoms with E-state index in [0.717, 1.165) is 28.1 Å². The summed E-state index contributed by atoms with van der Waals surface area (Å²) < 4.78 is 24.2. The number of hydrogen-bond acceptors (Lipinski definition) is 6. The first-order valence-corrected chi connectivity index (χ1v) is 12.8. The first-order chi connectivity index (χ1) is 19.5. The molecule has 0 spiro atoms. The van der Waals surface area contributed by atoms with Crippen molar-refractivity contribution in [3.8, 4) is 11.8 Å². The van der Waals surface area contributed by atoms with E-state index in [-0.39, 0.29) is 13.0 Å². The van der Waals surface area contributed by atoms with Gasteiger partial charge < -0.3 is 14.4 Å². The molecule has 0 saturated heterocycles. The van der Waals surface area contributed by atoms with Gasteiger partial charge in [-0.2, -0.15) is 5.26 Å². The number of allylic oxidation sites excluding steroid dienone is 1. The molecule has 0 fully saturated rings. The number of methoxy groups -OCH3 is 1. The summed E-state index contributed by atoms with van der Waals surface area (Å²) in [5, 5.41) is 9.69. The SMILES string of the molecule is COc1ccc(/C=C2\CCc3c2nc2ccccc2c3C(=O)OCC(=O)N(CCC#N)c2ccc(F)cc2)cc1. The van der Waals surface area contributed by atoms with Gasteiger partial charge in [0.1, 0.15) is 11.6 Å². The van der Waals surface area contributed by atoms with Crippen LogP contribution in [0.3, 0.4) is 0 Å². The van der Waals surface area contributed by atoms with Crippen LogP contribution in [0.4, 0.5) is 10.1 Å². The van der Waals surface area contributed by atoms with E-state index in [2.05, 4.69) is 6.08 Å². The molecule has 7 nitrogen and oxygen atoms in total. The number of para-hydroxylation sites is 1. The average molecular weight is 536 g/mol. The monoisotopic (exact) mass is 535 g/mol. The third-order valence-corrected chi connectivity index (χ3v) is 6.82. The number of anilines is 1. The second-order valence-electron chi connectivity index (χ2n) is 9.28. The number of carbonyl (C=O) groups excluding carboxylic acids is 2. The number of amides is 1. The largest absolute Gasteiger partial charge is 0.497 e. The summed E-state index contributed by atoms with van der Waals surface area (Å²) in [5.74, 6) is -0.802. The summed E-state index contributed by atoms with van der Waals surface area (Å²) in [4.78, 5) is 32.8. The lowest BCUT2D eigenvalue weighted by atomic mass is 10.0. The second kappa shape index (κ2) is 11.8. The van der Waals surface area contributed by atoms with Crippen LogP contribution in [0.1, 0.15) is 40.0 Å². The number of halogens is 1. The molecule has 0 bridgehead atoms. The molecular weight excluding hydrogens is 509 g/mol. The molecule has 5 rings (SSSR count). The molecule has 0 radical (unpaired) electrons.